The van der Waals surface area contributed by atoms with E-state index < -0.39 is 0 Å². The average molecular weight is 288 g/mol. The van der Waals surface area contributed by atoms with Gasteiger partial charge in [0.1, 0.15) is 0 Å². The molecule has 2 aliphatic rings. The molecule has 1 aromatic carbocycles. The van der Waals surface area contributed by atoms with Gasteiger partial charge in [-0.3, -0.25) is 4.90 Å². The van der Waals surface area contributed by atoms with Crippen LogP contribution in [0, 0.1) is 5.92 Å². The second-order valence-corrected chi connectivity index (χ2v) is 6.83. The van der Waals surface area contributed by atoms with Crippen LogP contribution >= 0.6 is 0 Å². The summed E-state index contributed by atoms with van der Waals surface area (Å²) in [5.74, 6) is 0.762. The van der Waals surface area contributed by atoms with Crippen molar-refractivity contribution < 1.29 is 5.11 Å². The van der Waals surface area contributed by atoms with Crippen LogP contribution in [-0.2, 0) is 6.42 Å². The van der Waals surface area contributed by atoms with E-state index in [1.165, 1.54) is 31.5 Å². The maximum absolute atomic E-state index is 10.6. The Morgan fingerprint density at radius 3 is 2.90 bits per heavy atom. The van der Waals surface area contributed by atoms with Gasteiger partial charge in [0.05, 0.1) is 6.10 Å². The van der Waals surface area contributed by atoms with Crippen LogP contribution in [-0.4, -0.2) is 54.2 Å². The van der Waals surface area contributed by atoms with Gasteiger partial charge in [0.2, 0.25) is 0 Å². The Bertz CT molecular complexity index is 476. The van der Waals surface area contributed by atoms with Gasteiger partial charge in [-0.2, -0.15) is 0 Å². The summed E-state index contributed by atoms with van der Waals surface area (Å²) in [6.07, 6.45) is 3.21. The number of hydrogen-bond acceptors (Lipinski definition) is 3. The van der Waals surface area contributed by atoms with Crippen molar-refractivity contribution in [3.05, 3.63) is 35.4 Å². The fourth-order valence-electron chi connectivity index (χ4n) is 4.11. The number of aliphatic hydroxyl groups is 1. The molecule has 1 fully saturated rings. The minimum absolute atomic E-state index is 0.295. The molecule has 3 rings (SSSR count). The Labute approximate surface area is 128 Å². The number of aliphatic hydroxyl groups excluding tert-OH is 1. The summed E-state index contributed by atoms with van der Waals surface area (Å²) >= 11 is 0. The topological polar surface area (TPSA) is 26.7 Å². The van der Waals surface area contributed by atoms with Crippen LogP contribution in [0.1, 0.15) is 37.0 Å². The third-order valence-electron chi connectivity index (χ3n) is 5.13. The second-order valence-electron chi connectivity index (χ2n) is 6.83. The summed E-state index contributed by atoms with van der Waals surface area (Å²) in [5.41, 5.74) is 2.48. The van der Waals surface area contributed by atoms with E-state index in [2.05, 4.69) is 42.0 Å². The van der Waals surface area contributed by atoms with E-state index in [1.54, 1.807) is 0 Å². The number of hydrogen-bond donors (Lipinski definition) is 1. The largest absolute Gasteiger partial charge is 0.387 e. The normalized spacial score (nSPS) is 29.2. The minimum atomic E-state index is -0.298. The summed E-state index contributed by atoms with van der Waals surface area (Å²) in [7, 11) is 2.23. The van der Waals surface area contributed by atoms with E-state index in [9.17, 15) is 5.11 Å². The van der Waals surface area contributed by atoms with Crippen molar-refractivity contribution in [3.63, 3.8) is 0 Å². The Kier molecular flexibility index (Phi) is 4.63. The van der Waals surface area contributed by atoms with Crippen molar-refractivity contribution in [1.29, 1.82) is 0 Å². The number of rotatable bonds is 5. The first kappa shape index (κ1) is 15.0. The molecule has 3 unspecified atom stereocenters. The van der Waals surface area contributed by atoms with Gasteiger partial charge in [-0.15, -0.1) is 0 Å². The second kappa shape index (κ2) is 6.47. The van der Waals surface area contributed by atoms with Gasteiger partial charge in [0.15, 0.2) is 0 Å². The van der Waals surface area contributed by atoms with Crippen LogP contribution in [0.5, 0.6) is 0 Å². The lowest BCUT2D eigenvalue weighted by atomic mass is 10.1. The fourth-order valence-corrected chi connectivity index (χ4v) is 4.11. The Morgan fingerprint density at radius 2 is 2.14 bits per heavy atom. The lowest BCUT2D eigenvalue weighted by Crippen LogP contribution is -2.37. The monoisotopic (exact) mass is 288 g/mol. The zero-order valence-electron chi connectivity index (χ0n) is 13.3. The molecule has 21 heavy (non-hydrogen) atoms. The maximum atomic E-state index is 10.6. The third kappa shape index (κ3) is 3.15. The van der Waals surface area contributed by atoms with Crippen LogP contribution < -0.4 is 0 Å². The van der Waals surface area contributed by atoms with Gasteiger partial charge < -0.3 is 10.0 Å². The van der Waals surface area contributed by atoms with Gasteiger partial charge in [-0.25, -0.2) is 0 Å². The minimum Gasteiger partial charge on any atom is -0.387 e. The highest BCUT2D eigenvalue weighted by atomic mass is 16.3. The maximum Gasteiger partial charge on any atom is 0.0951 e. The summed E-state index contributed by atoms with van der Waals surface area (Å²) in [5, 5.41) is 10.6. The lowest BCUT2D eigenvalue weighted by molar-refractivity contribution is 0.0717. The number of likely N-dealkylation sites (tertiary alicyclic amines) is 1. The zero-order valence-corrected chi connectivity index (χ0v) is 13.3. The number of nitrogens with zero attached hydrogens (tertiary/aromatic N) is 2. The molecule has 1 aliphatic carbocycles. The smallest absolute Gasteiger partial charge is 0.0951 e. The van der Waals surface area contributed by atoms with Crippen molar-refractivity contribution in [2.45, 2.75) is 38.3 Å². The SMILES string of the molecule is CCCN(C)CC1CCN(C2Cc3ccccc3C2O)C1. The van der Waals surface area contributed by atoms with E-state index in [1.807, 2.05) is 6.07 Å². The highest BCUT2D eigenvalue weighted by molar-refractivity contribution is 5.36. The number of benzene rings is 1. The van der Waals surface area contributed by atoms with Gasteiger partial charge in [-0.05, 0) is 56.4 Å². The van der Waals surface area contributed by atoms with Crippen LogP contribution in [0.25, 0.3) is 0 Å². The van der Waals surface area contributed by atoms with Crippen molar-refractivity contribution in [2.24, 2.45) is 5.92 Å². The molecule has 1 heterocycles. The van der Waals surface area contributed by atoms with E-state index in [0.29, 0.717) is 6.04 Å². The predicted octanol–water partition coefficient (Wildman–Crippen LogP) is 2.31. The van der Waals surface area contributed by atoms with E-state index in [0.717, 1.165) is 31.0 Å². The van der Waals surface area contributed by atoms with Crippen LogP contribution in [0.2, 0.25) is 0 Å². The molecule has 3 heteroatoms. The van der Waals surface area contributed by atoms with E-state index in [4.69, 9.17) is 0 Å². The summed E-state index contributed by atoms with van der Waals surface area (Å²) in [6.45, 7) is 6.90. The molecule has 3 nitrogen and oxygen atoms in total. The molecule has 0 aromatic heterocycles. The molecule has 0 bridgehead atoms. The quantitative estimate of drug-likeness (QED) is 0.900. The molecular formula is C18H28N2O. The molecule has 116 valence electrons. The summed E-state index contributed by atoms with van der Waals surface area (Å²) in [4.78, 5) is 4.98. The van der Waals surface area contributed by atoms with Gasteiger partial charge >= 0.3 is 0 Å². The average Bonchev–Trinajstić information content (AvgIpc) is 3.05. The van der Waals surface area contributed by atoms with Crippen molar-refractivity contribution >= 4 is 0 Å². The third-order valence-corrected chi connectivity index (χ3v) is 5.13. The standard InChI is InChI=1S/C18H28N2O/c1-3-9-19(2)12-14-8-10-20(13-14)17-11-15-6-4-5-7-16(15)18(17)21/h4-7,14,17-18,21H,3,8-13H2,1-2H3. The molecule has 1 saturated heterocycles. The molecule has 1 aromatic rings. The molecular weight excluding hydrogens is 260 g/mol. The highest BCUT2D eigenvalue weighted by Crippen LogP contribution is 2.36. The predicted molar refractivity (Wildman–Crippen MR) is 86.4 cm³/mol. The van der Waals surface area contributed by atoms with Gasteiger partial charge in [0.25, 0.3) is 0 Å². The van der Waals surface area contributed by atoms with Crippen LogP contribution in [0.3, 0.4) is 0 Å². The molecule has 0 amide bonds. The molecule has 0 spiro atoms. The highest BCUT2D eigenvalue weighted by Gasteiger charge is 2.38. The molecule has 3 atom stereocenters. The van der Waals surface area contributed by atoms with Gasteiger partial charge in [0, 0.05) is 19.1 Å². The van der Waals surface area contributed by atoms with Gasteiger partial charge in [-0.1, -0.05) is 31.2 Å². The lowest BCUT2D eigenvalue weighted by Gasteiger charge is -2.27. The van der Waals surface area contributed by atoms with Crippen molar-refractivity contribution in [1.82, 2.24) is 9.80 Å². The fraction of sp³-hybridized carbons (Fsp3) is 0.667. The molecule has 0 radical (unpaired) electrons. The molecule has 1 N–H and O–H groups in total. The van der Waals surface area contributed by atoms with E-state index in [-0.39, 0.29) is 6.10 Å². The zero-order chi connectivity index (χ0) is 14.8. The first-order chi connectivity index (χ1) is 10.2. The van der Waals surface area contributed by atoms with Crippen molar-refractivity contribution in [2.75, 3.05) is 33.2 Å². The Balaban J connectivity index is 1.58. The number of fused-ring (bicyclic) bond motifs is 1. The Morgan fingerprint density at radius 1 is 1.33 bits per heavy atom. The molecule has 0 saturated carbocycles. The first-order valence-electron chi connectivity index (χ1n) is 8.37. The first-order valence-corrected chi connectivity index (χ1v) is 8.37. The summed E-state index contributed by atoms with van der Waals surface area (Å²) < 4.78 is 0. The summed E-state index contributed by atoms with van der Waals surface area (Å²) in [6, 6.07) is 8.67. The Hall–Kier alpha value is -0.900. The molecule has 1 aliphatic heterocycles. The van der Waals surface area contributed by atoms with Crippen molar-refractivity contribution in [3.8, 4) is 0 Å². The van der Waals surface area contributed by atoms with Crippen LogP contribution in [0.4, 0.5) is 0 Å². The van der Waals surface area contributed by atoms with Crippen LogP contribution in [0.15, 0.2) is 24.3 Å². The van der Waals surface area contributed by atoms with E-state index >= 15 is 0 Å².